The zero-order chi connectivity index (χ0) is 19.3. The highest BCUT2D eigenvalue weighted by molar-refractivity contribution is 5.92. The van der Waals surface area contributed by atoms with Gasteiger partial charge in [-0.15, -0.1) is 0 Å². The molecule has 0 spiro atoms. The van der Waals surface area contributed by atoms with E-state index in [1.165, 1.54) is 30.3 Å². The van der Waals surface area contributed by atoms with Crippen LogP contribution in [0.5, 0.6) is 0 Å². The Morgan fingerprint density at radius 1 is 1.21 bits per heavy atom. The normalized spacial score (nSPS) is 15.9. The molecule has 1 aromatic carbocycles. The molecule has 0 aliphatic carbocycles. The molecule has 2 heterocycles. The van der Waals surface area contributed by atoms with Crippen molar-refractivity contribution in [3.63, 3.8) is 0 Å². The van der Waals surface area contributed by atoms with Crippen molar-refractivity contribution in [2.24, 2.45) is 0 Å². The molecule has 0 radical (unpaired) electrons. The van der Waals surface area contributed by atoms with Crippen LogP contribution in [-0.2, 0) is 9.59 Å². The molecule has 2 aromatic rings. The van der Waals surface area contributed by atoms with Crippen LogP contribution in [0.4, 0.5) is 10.1 Å². The van der Waals surface area contributed by atoms with Gasteiger partial charge in [-0.25, -0.2) is 4.39 Å². The standard InChI is InChI=1S/C20H22FN3O3.ClH/c1-24(15-19(25)22-17-6-4-16(21)5-7-17)12-10-23(11-13-24)20(26)9-8-18-3-2-14-27-18;/h2-9,14H,10-13,15H2,1H3;1H. The van der Waals surface area contributed by atoms with Crippen molar-refractivity contribution < 1.29 is 35.3 Å². The number of likely N-dealkylation sites (N-methyl/N-ethyl adjacent to an activating group) is 1. The summed E-state index contributed by atoms with van der Waals surface area (Å²) in [4.78, 5) is 26.3. The number of halogens is 2. The van der Waals surface area contributed by atoms with Crippen LogP contribution in [0.1, 0.15) is 5.76 Å². The first-order chi connectivity index (χ1) is 12.9. The molecule has 0 unspecified atom stereocenters. The van der Waals surface area contributed by atoms with E-state index in [0.717, 1.165) is 0 Å². The van der Waals surface area contributed by atoms with Gasteiger partial charge in [-0.1, -0.05) is 0 Å². The van der Waals surface area contributed by atoms with Crippen LogP contribution >= 0.6 is 0 Å². The van der Waals surface area contributed by atoms with E-state index in [4.69, 9.17) is 4.42 Å². The Hall–Kier alpha value is -2.64. The highest BCUT2D eigenvalue weighted by Gasteiger charge is 2.32. The van der Waals surface area contributed by atoms with Crippen LogP contribution in [0.3, 0.4) is 0 Å². The summed E-state index contributed by atoms with van der Waals surface area (Å²) in [6, 6.07) is 9.25. The molecule has 6 nitrogen and oxygen atoms in total. The third-order valence-corrected chi connectivity index (χ3v) is 4.72. The van der Waals surface area contributed by atoms with Crippen molar-refractivity contribution in [1.82, 2.24) is 4.90 Å². The monoisotopic (exact) mass is 407 g/mol. The van der Waals surface area contributed by atoms with E-state index < -0.39 is 0 Å². The summed E-state index contributed by atoms with van der Waals surface area (Å²) in [5, 5.41) is 2.79. The Morgan fingerprint density at radius 3 is 2.50 bits per heavy atom. The van der Waals surface area contributed by atoms with Gasteiger partial charge in [-0.2, -0.15) is 0 Å². The third kappa shape index (κ3) is 5.94. The predicted octanol–water partition coefficient (Wildman–Crippen LogP) is -0.637. The molecule has 0 saturated carbocycles. The molecule has 1 aliphatic heterocycles. The summed E-state index contributed by atoms with van der Waals surface area (Å²) in [5.74, 6) is 0.113. The third-order valence-electron chi connectivity index (χ3n) is 4.72. The molecular formula is C20H23ClFN3O3. The topological polar surface area (TPSA) is 62.6 Å². The Bertz CT molecular complexity index is 814. The second-order valence-corrected chi connectivity index (χ2v) is 6.95. The minimum Gasteiger partial charge on any atom is -1.00 e. The van der Waals surface area contributed by atoms with E-state index in [9.17, 15) is 14.0 Å². The molecular weight excluding hydrogens is 385 g/mol. The lowest BCUT2D eigenvalue weighted by Gasteiger charge is -2.41. The molecule has 1 saturated heterocycles. The van der Waals surface area contributed by atoms with Crippen molar-refractivity contribution in [2.45, 2.75) is 0 Å². The lowest BCUT2D eigenvalue weighted by molar-refractivity contribution is -0.905. The summed E-state index contributed by atoms with van der Waals surface area (Å²) in [5.41, 5.74) is 0.574. The van der Waals surface area contributed by atoms with E-state index >= 15 is 0 Å². The van der Waals surface area contributed by atoms with Gasteiger partial charge in [0.25, 0.3) is 5.91 Å². The van der Waals surface area contributed by atoms with Gasteiger partial charge < -0.3 is 31.5 Å². The van der Waals surface area contributed by atoms with Gasteiger partial charge in [-0.05, 0) is 42.5 Å². The lowest BCUT2D eigenvalue weighted by atomic mass is 10.2. The fourth-order valence-electron chi connectivity index (χ4n) is 3.05. The van der Waals surface area contributed by atoms with Crippen LogP contribution < -0.4 is 17.7 Å². The van der Waals surface area contributed by atoms with E-state index in [1.807, 2.05) is 7.05 Å². The lowest BCUT2D eigenvalue weighted by Crippen LogP contribution is -3.00. The van der Waals surface area contributed by atoms with Crippen molar-refractivity contribution in [3.05, 3.63) is 60.3 Å². The number of amides is 2. The fraction of sp³-hybridized carbons (Fsp3) is 0.300. The number of furan rings is 1. The summed E-state index contributed by atoms with van der Waals surface area (Å²) >= 11 is 0. The van der Waals surface area contributed by atoms with Crippen LogP contribution in [0, 0.1) is 5.82 Å². The van der Waals surface area contributed by atoms with Crippen LogP contribution in [0.2, 0.25) is 0 Å². The number of carbonyl (C=O) groups excluding carboxylic acids is 2. The first kappa shape index (κ1) is 21.7. The van der Waals surface area contributed by atoms with Crippen molar-refractivity contribution in [3.8, 4) is 0 Å². The molecule has 0 bridgehead atoms. The largest absolute Gasteiger partial charge is 1.00 e. The van der Waals surface area contributed by atoms with E-state index in [-0.39, 0.29) is 30.0 Å². The van der Waals surface area contributed by atoms with Gasteiger partial charge in [0.15, 0.2) is 6.54 Å². The van der Waals surface area contributed by atoms with E-state index in [2.05, 4.69) is 5.32 Å². The molecule has 1 N–H and O–H groups in total. The average molecular weight is 408 g/mol. The minimum absolute atomic E-state index is 0. The van der Waals surface area contributed by atoms with Gasteiger partial charge in [-0.3, -0.25) is 9.59 Å². The number of hydrogen-bond acceptors (Lipinski definition) is 3. The number of rotatable bonds is 5. The Morgan fingerprint density at radius 2 is 1.89 bits per heavy atom. The maximum absolute atomic E-state index is 12.9. The maximum Gasteiger partial charge on any atom is 0.279 e. The zero-order valence-electron chi connectivity index (χ0n) is 15.6. The van der Waals surface area contributed by atoms with Gasteiger partial charge >= 0.3 is 0 Å². The van der Waals surface area contributed by atoms with Gasteiger partial charge in [0.2, 0.25) is 5.91 Å². The molecule has 8 heteroatoms. The number of quaternary nitrogens is 1. The first-order valence-corrected chi connectivity index (χ1v) is 8.83. The summed E-state index contributed by atoms with van der Waals surface area (Å²) < 4.78 is 18.7. The molecule has 0 atom stereocenters. The molecule has 2 amide bonds. The zero-order valence-corrected chi connectivity index (χ0v) is 16.4. The summed E-state index contributed by atoms with van der Waals surface area (Å²) in [7, 11) is 2.00. The number of hydrogen-bond donors (Lipinski definition) is 1. The Balaban J connectivity index is 0.00000280. The number of nitrogens with one attached hydrogen (secondary N) is 1. The molecule has 1 aromatic heterocycles. The average Bonchev–Trinajstić information content (AvgIpc) is 3.15. The highest BCUT2D eigenvalue weighted by Crippen LogP contribution is 2.13. The van der Waals surface area contributed by atoms with Gasteiger partial charge in [0.1, 0.15) is 11.6 Å². The van der Waals surface area contributed by atoms with E-state index in [0.29, 0.717) is 48.7 Å². The minimum atomic E-state index is -0.339. The number of anilines is 1. The van der Waals surface area contributed by atoms with Crippen molar-refractivity contribution >= 4 is 23.6 Å². The Labute approximate surface area is 169 Å². The summed E-state index contributed by atoms with van der Waals surface area (Å²) in [6.07, 6.45) is 4.72. The second kappa shape index (κ2) is 9.52. The number of nitrogens with zero attached hydrogens (tertiary/aromatic N) is 2. The van der Waals surface area contributed by atoms with Gasteiger partial charge in [0, 0.05) is 11.8 Å². The number of carbonyl (C=O) groups is 2. The van der Waals surface area contributed by atoms with Gasteiger partial charge in [0.05, 0.1) is 39.5 Å². The maximum atomic E-state index is 12.9. The summed E-state index contributed by atoms with van der Waals surface area (Å²) in [6.45, 7) is 2.86. The highest BCUT2D eigenvalue weighted by atomic mass is 35.5. The first-order valence-electron chi connectivity index (χ1n) is 8.83. The van der Waals surface area contributed by atoms with Crippen LogP contribution in [-0.4, -0.2) is 61.0 Å². The number of piperazine rings is 1. The predicted molar refractivity (Wildman–Crippen MR) is 100 cm³/mol. The fourth-order valence-corrected chi connectivity index (χ4v) is 3.05. The van der Waals surface area contributed by atoms with Crippen molar-refractivity contribution in [1.29, 1.82) is 0 Å². The molecule has 150 valence electrons. The molecule has 3 rings (SSSR count). The second-order valence-electron chi connectivity index (χ2n) is 6.95. The molecule has 1 aliphatic rings. The quantitative estimate of drug-likeness (QED) is 0.530. The number of benzene rings is 1. The SMILES string of the molecule is C[N+]1(CC(=O)Nc2ccc(F)cc2)CCN(C(=O)C=Cc2ccco2)CC1.[Cl-]. The van der Waals surface area contributed by atoms with E-state index in [1.54, 1.807) is 29.4 Å². The van der Waals surface area contributed by atoms with Crippen molar-refractivity contribution in [2.75, 3.05) is 45.1 Å². The smallest absolute Gasteiger partial charge is 0.279 e. The molecule has 1 fully saturated rings. The van der Waals surface area contributed by atoms with Crippen LogP contribution in [0.15, 0.2) is 53.2 Å². The van der Waals surface area contributed by atoms with Crippen LogP contribution in [0.25, 0.3) is 6.08 Å². The molecule has 28 heavy (non-hydrogen) atoms. The Kier molecular flexibility index (Phi) is 7.37.